The summed E-state index contributed by atoms with van der Waals surface area (Å²) in [5, 5.41) is 6.42. The molecule has 2 aromatic rings. The van der Waals surface area contributed by atoms with Crippen LogP contribution in [0, 0.1) is 5.82 Å². The highest BCUT2D eigenvalue weighted by Crippen LogP contribution is 2.43. The van der Waals surface area contributed by atoms with Gasteiger partial charge in [0.1, 0.15) is 5.82 Å². The Morgan fingerprint density at radius 3 is 2.81 bits per heavy atom. The van der Waals surface area contributed by atoms with E-state index in [2.05, 4.69) is 10.2 Å². The smallest absolute Gasteiger partial charge is 0.231 e. The van der Waals surface area contributed by atoms with E-state index in [0.29, 0.717) is 22.7 Å². The lowest BCUT2D eigenvalue weighted by Gasteiger charge is -2.04. The van der Waals surface area contributed by atoms with Gasteiger partial charge < -0.3 is 15.2 Å². The number of nitrogens with one attached hydrogen (secondary N) is 1. The first kappa shape index (κ1) is 9.02. The monoisotopic (exact) mass is 221 g/mol. The van der Waals surface area contributed by atoms with Gasteiger partial charge in [0, 0.05) is 11.1 Å². The van der Waals surface area contributed by atoms with Crippen LogP contribution in [0.3, 0.4) is 0 Å². The number of rotatable bonds is 1. The maximum Gasteiger partial charge on any atom is 0.231 e. The number of nitrogen functional groups attached to an aromatic ring is 1. The SMILES string of the molecule is Nc1[nH]ncc1-c1ccc(F)c2c1OCO2. The Morgan fingerprint density at radius 2 is 2.06 bits per heavy atom. The van der Waals surface area contributed by atoms with Gasteiger partial charge in [0.25, 0.3) is 0 Å². The number of hydrogen-bond acceptors (Lipinski definition) is 4. The molecule has 0 amide bonds. The molecule has 3 rings (SSSR count). The fraction of sp³-hybridized carbons (Fsp3) is 0.100. The van der Waals surface area contributed by atoms with Crippen molar-refractivity contribution < 1.29 is 13.9 Å². The van der Waals surface area contributed by atoms with E-state index in [0.717, 1.165) is 0 Å². The van der Waals surface area contributed by atoms with Crippen LogP contribution in [0.15, 0.2) is 18.3 Å². The first-order chi connectivity index (χ1) is 7.77. The highest BCUT2D eigenvalue weighted by Gasteiger charge is 2.24. The molecule has 0 bridgehead atoms. The molecular weight excluding hydrogens is 213 g/mol. The zero-order valence-corrected chi connectivity index (χ0v) is 8.16. The van der Waals surface area contributed by atoms with Gasteiger partial charge in [-0.05, 0) is 12.1 Å². The number of aromatic nitrogens is 2. The van der Waals surface area contributed by atoms with Crippen molar-refractivity contribution in [1.82, 2.24) is 10.2 Å². The van der Waals surface area contributed by atoms with Crippen LogP contribution in [0.4, 0.5) is 10.2 Å². The van der Waals surface area contributed by atoms with Crippen LogP contribution >= 0.6 is 0 Å². The predicted octanol–water partition coefficient (Wildman–Crippen LogP) is 1.53. The Kier molecular flexibility index (Phi) is 1.76. The molecule has 1 aromatic heterocycles. The topological polar surface area (TPSA) is 73.2 Å². The third-order valence-electron chi connectivity index (χ3n) is 2.43. The molecule has 0 unspecified atom stereocenters. The van der Waals surface area contributed by atoms with Gasteiger partial charge in [-0.15, -0.1) is 0 Å². The molecular formula is C10H8FN3O2. The van der Waals surface area contributed by atoms with Crippen LogP contribution in [0.5, 0.6) is 11.5 Å². The molecule has 1 aromatic carbocycles. The molecule has 6 heteroatoms. The molecule has 1 aliphatic heterocycles. The average molecular weight is 221 g/mol. The number of nitrogens with two attached hydrogens (primary N) is 1. The van der Waals surface area contributed by atoms with E-state index < -0.39 is 5.82 Å². The van der Waals surface area contributed by atoms with Gasteiger partial charge in [-0.3, -0.25) is 5.10 Å². The van der Waals surface area contributed by atoms with Gasteiger partial charge >= 0.3 is 0 Å². The van der Waals surface area contributed by atoms with E-state index in [1.54, 1.807) is 12.3 Å². The molecule has 82 valence electrons. The van der Waals surface area contributed by atoms with Crippen molar-refractivity contribution in [1.29, 1.82) is 0 Å². The molecule has 0 saturated carbocycles. The minimum Gasteiger partial charge on any atom is -0.453 e. The molecule has 16 heavy (non-hydrogen) atoms. The lowest BCUT2D eigenvalue weighted by atomic mass is 10.1. The molecule has 0 radical (unpaired) electrons. The Balaban J connectivity index is 2.23. The zero-order valence-electron chi connectivity index (χ0n) is 8.16. The van der Waals surface area contributed by atoms with Crippen LogP contribution in [-0.2, 0) is 0 Å². The van der Waals surface area contributed by atoms with Crippen molar-refractivity contribution >= 4 is 5.82 Å². The largest absolute Gasteiger partial charge is 0.453 e. The van der Waals surface area contributed by atoms with Crippen LogP contribution in [0.25, 0.3) is 11.1 Å². The first-order valence-corrected chi connectivity index (χ1v) is 4.64. The van der Waals surface area contributed by atoms with Gasteiger partial charge in [-0.25, -0.2) is 4.39 Å². The van der Waals surface area contributed by atoms with Crippen molar-refractivity contribution in [2.45, 2.75) is 0 Å². The summed E-state index contributed by atoms with van der Waals surface area (Å²) in [6, 6.07) is 2.90. The maximum absolute atomic E-state index is 13.4. The molecule has 0 saturated heterocycles. The zero-order chi connectivity index (χ0) is 11.1. The van der Waals surface area contributed by atoms with E-state index in [9.17, 15) is 4.39 Å². The number of hydrogen-bond donors (Lipinski definition) is 2. The van der Waals surface area contributed by atoms with E-state index in [1.807, 2.05) is 0 Å². The number of H-pyrrole nitrogens is 1. The Hall–Kier alpha value is -2.24. The van der Waals surface area contributed by atoms with E-state index >= 15 is 0 Å². The number of benzene rings is 1. The Bertz CT molecular complexity index is 553. The predicted molar refractivity (Wildman–Crippen MR) is 54.5 cm³/mol. The van der Waals surface area contributed by atoms with Crippen molar-refractivity contribution in [2.24, 2.45) is 0 Å². The van der Waals surface area contributed by atoms with E-state index in [1.165, 1.54) is 6.07 Å². The Morgan fingerprint density at radius 1 is 1.25 bits per heavy atom. The molecule has 5 nitrogen and oxygen atoms in total. The number of nitrogens with zero attached hydrogens (tertiary/aromatic N) is 1. The van der Waals surface area contributed by atoms with Crippen molar-refractivity contribution in [3.05, 3.63) is 24.1 Å². The highest BCUT2D eigenvalue weighted by molar-refractivity contribution is 5.80. The summed E-state index contributed by atoms with van der Waals surface area (Å²) < 4.78 is 23.6. The van der Waals surface area contributed by atoms with Crippen molar-refractivity contribution in [2.75, 3.05) is 12.5 Å². The average Bonchev–Trinajstić information content (AvgIpc) is 2.88. The molecule has 0 spiro atoms. The highest BCUT2D eigenvalue weighted by atomic mass is 19.1. The van der Waals surface area contributed by atoms with Crippen LogP contribution in [-0.4, -0.2) is 17.0 Å². The van der Waals surface area contributed by atoms with Crippen molar-refractivity contribution in [3.8, 4) is 22.6 Å². The van der Waals surface area contributed by atoms with Crippen LogP contribution < -0.4 is 15.2 Å². The number of aromatic amines is 1. The molecule has 0 aliphatic carbocycles. The normalized spacial score (nSPS) is 13.1. The van der Waals surface area contributed by atoms with Gasteiger partial charge in [-0.1, -0.05) is 0 Å². The summed E-state index contributed by atoms with van der Waals surface area (Å²) in [6.07, 6.45) is 1.56. The summed E-state index contributed by atoms with van der Waals surface area (Å²) in [4.78, 5) is 0. The van der Waals surface area contributed by atoms with Gasteiger partial charge in [-0.2, -0.15) is 5.10 Å². The summed E-state index contributed by atoms with van der Waals surface area (Å²) in [6.45, 7) is 0.0149. The lowest BCUT2D eigenvalue weighted by molar-refractivity contribution is 0.171. The number of halogens is 1. The third-order valence-corrected chi connectivity index (χ3v) is 2.43. The maximum atomic E-state index is 13.4. The number of ether oxygens (including phenoxy) is 2. The first-order valence-electron chi connectivity index (χ1n) is 4.64. The minimum absolute atomic E-state index is 0.0149. The summed E-state index contributed by atoms with van der Waals surface area (Å²) in [7, 11) is 0. The lowest BCUT2D eigenvalue weighted by Crippen LogP contribution is -1.94. The van der Waals surface area contributed by atoms with Crippen LogP contribution in [0.1, 0.15) is 0 Å². The number of anilines is 1. The summed E-state index contributed by atoms with van der Waals surface area (Å²) in [5.74, 6) is 0.453. The second-order valence-electron chi connectivity index (χ2n) is 3.36. The summed E-state index contributed by atoms with van der Waals surface area (Å²) >= 11 is 0. The molecule has 0 atom stereocenters. The molecule has 3 N–H and O–H groups in total. The fourth-order valence-corrected chi connectivity index (χ4v) is 1.69. The fourth-order valence-electron chi connectivity index (χ4n) is 1.69. The van der Waals surface area contributed by atoms with Gasteiger partial charge in [0.2, 0.25) is 12.5 Å². The Labute approximate surface area is 90.0 Å². The van der Waals surface area contributed by atoms with Crippen molar-refractivity contribution in [3.63, 3.8) is 0 Å². The standard InChI is InChI=1S/C10H8FN3O2/c11-7-2-1-5(6-3-13-14-10(6)12)8-9(7)16-4-15-8/h1-3H,4H2,(H3,12,13,14). The second-order valence-corrected chi connectivity index (χ2v) is 3.36. The number of fused-ring (bicyclic) bond motifs is 1. The molecule has 2 heterocycles. The molecule has 0 fully saturated rings. The van der Waals surface area contributed by atoms with E-state index in [-0.39, 0.29) is 12.5 Å². The van der Waals surface area contributed by atoms with Gasteiger partial charge in [0.15, 0.2) is 11.6 Å². The van der Waals surface area contributed by atoms with E-state index in [4.69, 9.17) is 15.2 Å². The molecule has 1 aliphatic rings. The third kappa shape index (κ3) is 1.13. The van der Waals surface area contributed by atoms with Gasteiger partial charge in [0.05, 0.1) is 6.20 Å². The van der Waals surface area contributed by atoms with Crippen LogP contribution in [0.2, 0.25) is 0 Å². The summed E-state index contributed by atoms with van der Waals surface area (Å²) in [5.41, 5.74) is 7.03. The second kappa shape index (κ2) is 3.13. The quantitative estimate of drug-likeness (QED) is 0.765. The minimum atomic E-state index is -0.446.